The van der Waals surface area contributed by atoms with Gasteiger partial charge in [0.25, 0.3) is 5.91 Å². The summed E-state index contributed by atoms with van der Waals surface area (Å²) in [6.45, 7) is 9.29. The molecule has 4 rings (SSSR count). The molecule has 2 amide bonds. The molecule has 0 aliphatic carbocycles. The molecule has 1 fully saturated rings. The molecule has 1 saturated heterocycles. The largest absolute Gasteiger partial charge is 0.436 e. The Morgan fingerprint density at radius 2 is 1.91 bits per heavy atom. The number of hydrogen-bond donors (Lipinski definition) is 1. The Labute approximate surface area is 206 Å². The van der Waals surface area contributed by atoms with E-state index >= 15 is 0 Å². The summed E-state index contributed by atoms with van der Waals surface area (Å²) >= 11 is 0. The van der Waals surface area contributed by atoms with Crippen molar-refractivity contribution in [1.29, 1.82) is 0 Å². The lowest BCUT2D eigenvalue weighted by atomic mass is 9.84. The number of amides is 2. The van der Waals surface area contributed by atoms with Crippen LogP contribution in [0, 0.1) is 18.8 Å². The van der Waals surface area contributed by atoms with Gasteiger partial charge >= 0.3 is 0 Å². The Morgan fingerprint density at radius 1 is 1.17 bits per heavy atom. The van der Waals surface area contributed by atoms with Crippen LogP contribution in [0.15, 0.2) is 46.9 Å². The fraction of sp³-hybridized carbons (Fsp3) is 0.464. The van der Waals surface area contributed by atoms with Crippen molar-refractivity contribution in [1.82, 2.24) is 15.2 Å². The van der Waals surface area contributed by atoms with E-state index in [1.165, 1.54) is 5.56 Å². The van der Waals surface area contributed by atoms with Gasteiger partial charge in [-0.1, -0.05) is 24.6 Å². The zero-order chi connectivity index (χ0) is 24.8. The van der Waals surface area contributed by atoms with Crippen LogP contribution in [0.1, 0.15) is 49.0 Å². The molecule has 1 aliphatic heterocycles. The van der Waals surface area contributed by atoms with Gasteiger partial charge in [0.2, 0.25) is 11.8 Å². The van der Waals surface area contributed by atoms with E-state index in [-0.39, 0.29) is 23.7 Å². The van der Waals surface area contributed by atoms with Crippen molar-refractivity contribution in [2.75, 3.05) is 32.8 Å². The van der Waals surface area contributed by atoms with Gasteiger partial charge in [-0.25, -0.2) is 4.98 Å². The van der Waals surface area contributed by atoms with E-state index < -0.39 is 0 Å². The first-order valence-corrected chi connectivity index (χ1v) is 12.6. The van der Waals surface area contributed by atoms with Crippen LogP contribution in [-0.2, 0) is 9.53 Å². The molecular weight excluding hydrogens is 442 g/mol. The molecule has 2 aromatic carbocycles. The van der Waals surface area contributed by atoms with E-state index in [0.29, 0.717) is 55.4 Å². The zero-order valence-electron chi connectivity index (χ0n) is 20.9. The number of aromatic nitrogens is 1. The van der Waals surface area contributed by atoms with Crippen molar-refractivity contribution in [2.24, 2.45) is 11.8 Å². The number of nitrogens with one attached hydrogen (secondary N) is 1. The number of ether oxygens (including phenoxy) is 1. The smallest absolute Gasteiger partial charge is 0.253 e. The standard InChI is InChI=1S/C28H35N3O4/c1-4-34-17-5-14-29-26(32)20(3)21-12-15-31(16-13-21)28(33)23-10-11-25-24(18-23)30-27(35-25)22-8-6-19(2)7-9-22/h6-11,18,20-21H,4-5,12-17H2,1-3H3,(H,29,32)/t20-/m1/s1. The molecule has 0 bridgehead atoms. The molecule has 35 heavy (non-hydrogen) atoms. The minimum absolute atomic E-state index is 0.00161. The van der Waals surface area contributed by atoms with Gasteiger partial charge in [0, 0.05) is 49.9 Å². The van der Waals surface area contributed by atoms with Gasteiger partial charge in [-0.15, -0.1) is 0 Å². The summed E-state index contributed by atoms with van der Waals surface area (Å²) in [6, 6.07) is 13.4. The Bertz CT molecular complexity index is 1150. The van der Waals surface area contributed by atoms with E-state index in [1.807, 2.05) is 62.1 Å². The Hall–Kier alpha value is -3.19. The van der Waals surface area contributed by atoms with Crippen LogP contribution < -0.4 is 5.32 Å². The highest BCUT2D eigenvalue weighted by Crippen LogP contribution is 2.28. The van der Waals surface area contributed by atoms with Crippen LogP contribution in [0.25, 0.3) is 22.6 Å². The minimum atomic E-state index is -0.0639. The van der Waals surface area contributed by atoms with E-state index in [9.17, 15) is 9.59 Å². The number of hydrogen-bond acceptors (Lipinski definition) is 5. The first-order valence-electron chi connectivity index (χ1n) is 12.6. The third-order valence-corrected chi connectivity index (χ3v) is 6.85. The van der Waals surface area contributed by atoms with E-state index in [0.717, 1.165) is 24.8 Å². The van der Waals surface area contributed by atoms with Crippen LogP contribution in [0.2, 0.25) is 0 Å². The van der Waals surface area contributed by atoms with Gasteiger partial charge in [0.15, 0.2) is 5.58 Å². The van der Waals surface area contributed by atoms with E-state index in [2.05, 4.69) is 10.3 Å². The average molecular weight is 478 g/mol. The number of aryl methyl sites for hydroxylation is 1. The minimum Gasteiger partial charge on any atom is -0.436 e. The number of fused-ring (bicyclic) bond motifs is 1. The van der Waals surface area contributed by atoms with E-state index in [1.54, 1.807) is 6.07 Å². The molecular formula is C28H35N3O4. The number of piperidine rings is 1. The Balaban J connectivity index is 1.32. The molecule has 1 atom stereocenters. The first-order chi connectivity index (χ1) is 17.0. The quantitative estimate of drug-likeness (QED) is 0.446. The monoisotopic (exact) mass is 477 g/mol. The second kappa shape index (κ2) is 11.5. The zero-order valence-corrected chi connectivity index (χ0v) is 20.9. The molecule has 186 valence electrons. The van der Waals surface area contributed by atoms with Crippen LogP contribution >= 0.6 is 0 Å². The summed E-state index contributed by atoms with van der Waals surface area (Å²) in [4.78, 5) is 32.2. The summed E-state index contributed by atoms with van der Waals surface area (Å²) in [5, 5.41) is 3.02. The molecule has 2 heterocycles. The first kappa shape index (κ1) is 24.9. The van der Waals surface area contributed by atoms with Crippen LogP contribution in [0.5, 0.6) is 0 Å². The van der Waals surface area contributed by atoms with Gasteiger partial charge < -0.3 is 19.4 Å². The van der Waals surface area contributed by atoms with Crippen molar-refractivity contribution in [3.8, 4) is 11.5 Å². The molecule has 0 unspecified atom stereocenters. The average Bonchev–Trinajstić information content (AvgIpc) is 3.31. The third-order valence-electron chi connectivity index (χ3n) is 6.85. The maximum atomic E-state index is 13.2. The predicted molar refractivity (Wildman–Crippen MR) is 136 cm³/mol. The summed E-state index contributed by atoms with van der Waals surface area (Å²) < 4.78 is 11.2. The highest BCUT2D eigenvalue weighted by molar-refractivity contribution is 5.97. The molecule has 3 aromatic rings. The molecule has 1 aliphatic rings. The maximum Gasteiger partial charge on any atom is 0.253 e. The number of carbonyl (C=O) groups excluding carboxylic acids is 2. The summed E-state index contributed by atoms with van der Waals surface area (Å²) in [7, 11) is 0. The molecule has 0 spiro atoms. The lowest BCUT2D eigenvalue weighted by Crippen LogP contribution is -2.42. The Morgan fingerprint density at radius 3 is 2.63 bits per heavy atom. The summed E-state index contributed by atoms with van der Waals surface area (Å²) in [6.07, 6.45) is 2.47. The van der Waals surface area contributed by atoms with E-state index in [4.69, 9.17) is 9.15 Å². The Kier molecular flexibility index (Phi) is 8.18. The lowest BCUT2D eigenvalue weighted by Gasteiger charge is -2.34. The van der Waals surface area contributed by atoms with Gasteiger partial charge in [0.05, 0.1) is 0 Å². The summed E-state index contributed by atoms with van der Waals surface area (Å²) in [5.74, 6) is 0.855. The lowest BCUT2D eigenvalue weighted by molar-refractivity contribution is -0.126. The number of oxazole rings is 1. The number of rotatable bonds is 9. The van der Waals surface area contributed by atoms with Crippen molar-refractivity contribution >= 4 is 22.9 Å². The maximum absolute atomic E-state index is 13.2. The molecule has 0 saturated carbocycles. The highest BCUT2D eigenvalue weighted by atomic mass is 16.5. The normalized spacial score (nSPS) is 15.3. The fourth-order valence-electron chi connectivity index (χ4n) is 4.57. The van der Waals surface area contributed by atoms with Crippen LogP contribution in [-0.4, -0.2) is 54.5 Å². The molecule has 1 N–H and O–H groups in total. The number of benzene rings is 2. The van der Waals surface area contributed by atoms with Crippen molar-refractivity contribution < 1.29 is 18.7 Å². The third kappa shape index (κ3) is 6.09. The van der Waals surface area contributed by atoms with Crippen LogP contribution in [0.3, 0.4) is 0 Å². The van der Waals surface area contributed by atoms with Crippen molar-refractivity contribution in [3.05, 3.63) is 53.6 Å². The molecule has 7 nitrogen and oxygen atoms in total. The molecule has 7 heteroatoms. The highest BCUT2D eigenvalue weighted by Gasteiger charge is 2.30. The number of nitrogens with zero attached hydrogens (tertiary/aromatic N) is 2. The SMILES string of the molecule is CCOCCCNC(=O)[C@H](C)C1CCN(C(=O)c2ccc3oc(-c4ccc(C)cc4)nc3c2)CC1. The van der Waals surface area contributed by atoms with Gasteiger partial charge in [-0.05, 0) is 69.4 Å². The van der Waals surface area contributed by atoms with Crippen molar-refractivity contribution in [3.63, 3.8) is 0 Å². The second-order valence-electron chi connectivity index (χ2n) is 9.33. The van der Waals surface area contributed by atoms with Crippen LogP contribution in [0.4, 0.5) is 0 Å². The molecule has 1 aromatic heterocycles. The predicted octanol–water partition coefficient (Wildman–Crippen LogP) is 4.83. The van der Waals surface area contributed by atoms with Gasteiger partial charge in [-0.2, -0.15) is 0 Å². The number of carbonyl (C=O) groups is 2. The second-order valence-corrected chi connectivity index (χ2v) is 9.33. The van der Waals surface area contributed by atoms with Crippen molar-refractivity contribution in [2.45, 2.75) is 40.0 Å². The number of likely N-dealkylation sites (tertiary alicyclic amines) is 1. The van der Waals surface area contributed by atoms with Gasteiger partial charge in [0.1, 0.15) is 5.52 Å². The topological polar surface area (TPSA) is 84.7 Å². The van der Waals surface area contributed by atoms with Gasteiger partial charge in [-0.3, -0.25) is 9.59 Å². The molecule has 0 radical (unpaired) electrons. The fourth-order valence-corrected chi connectivity index (χ4v) is 4.57. The summed E-state index contributed by atoms with van der Waals surface area (Å²) in [5.41, 5.74) is 4.04.